The summed E-state index contributed by atoms with van der Waals surface area (Å²) in [6, 6.07) is 6.28. The van der Waals surface area contributed by atoms with Gasteiger partial charge in [-0.15, -0.1) is 0 Å². The van der Waals surface area contributed by atoms with Crippen LogP contribution in [0, 0.1) is 0 Å². The first-order chi connectivity index (χ1) is 6.45. The van der Waals surface area contributed by atoms with E-state index < -0.39 is 0 Å². The summed E-state index contributed by atoms with van der Waals surface area (Å²) in [7, 11) is 0. The monoisotopic (exact) mass is 171 g/mol. The van der Waals surface area contributed by atoms with E-state index in [-0.39, 0.29) is 0 Å². The predicted molar refractivity (Wildman–Crippen MR) is 50.9 cm³/mol. The van der Waals surface area contributed by atoms with Crippen molar-refractivity contribution in [2.75, 3.05) is 6.61 Å². The number of ether oxygens (including phenoxy) is 1. The Hall–Kier alpha value is -1.57. The van der Waals surface area contributed by atoms with Gasteiger partial charge in [0.05, 0.1) is 6.61 Å². The molecule has 13 heavy (non-hydrogen) atoms. The third-order valence-corrected chi connectivity index (χ3v) is 2.47. The molecule has 2 nitrogen and oxygen atoms in total. The van der Waals surface area contributed by atoms with Gasteiger partial charge in [-0.05, 0) is 17.0 Å². The molecular weight excluding hydrogens is 162 g/mol. The largest absolute Gasteiger partial charge is 0.492 e. The third kappa shape index (κ3) is 0.917. The first-order valence-electron chi connectivity index (χ1n) is 4.43. The molecule has 0 radical (unpaired) electrons. The summed E-state index contributed by atoms with van der Waals surface area (Å²) in [5.74, 6) is 1.03. The summed E-state index contributed by atoms with van der Waals surface area (Å²) < 4.78 is 5.57. The standard InChI is InChI=1S/C11H9NO/c1-2-9-4-6-13-11(9)10-7-12-5-3-8(1)10/h1-3,5,7H,4,6H2. The van der Waals surface area contributed by atoms with Crippen molar-refractivity contribution >= 4 is 10.8 Å². The highest BCUT2D eigenvalue weighted by Crippen LogP contribution is 2.32. The highest BCUT2D eigenvalue weighted by molar-refractivity contribution is 5.89. The summed E-state index contributed by atoms with van der Waals surface area (Å²) in [6.45, 7) is 0.809. The van der Waals surface area contributed by atoms with E-state index in [1.165, 1.54) is 10.9 Å². The Balaban J connectivity index is 2.43. The van der Waals surface area contributed by atoms with Gasteiger partial charge in [0.15, 0.2) is 0 Å². The fraction of sp³-hybridized carbons (Fsp3) is 0.182. The van der Waals surface area contributed by atoms with E-state index in [1.807, 2.05) is 18.5 Å². The van der Waals surface area contributed by atoms with Crippen molar-refractivity contribution in [1.29, 1.82) is 0 Å². The van der Waals surface area contributed by atoms with E-state index in [1.54, 1.807) is 0 Å². The molecule has 0 bridgehead atoms. The quantitative estimate of drug-likeness (QED) is 0.606. The van der Waals surface area contributed by atoms with Gasteiger partial charge in [-0.25, -0.2) is 0 Å². The number of hydrogen-bond donors (Lipinski definition) is 0. The molecule has 1 aliphatic heterocycles. The van der Waals surface area contributed by atoms with E-state index >= 15 is 0 Å². The van der Waals surface area contributed by atoms with Gasteiger partial charge in [-0.3, -0.25) is 4.98 Å². The zero-order chi connectivity index (χ0) is 8.67. The van der Waals surface area contributed by atoms with Crippen LogP contribution in [-0.2, 0) is 6.42 Å². The van der Waals surface area contributed by atoms with Gasteiger partial charge in [0, 0.05) is 24.2 Å². The van der Waals surface area contributed by atoms with Gasteiger partial charge in [0.2, 0.25) is 0 Å². The molecule has 0 amide bonds. The minimum absolute atomic E-state index is 0.809. The fourth-order valence-corrected chi connectivity index (χ4v) is 1.81. The molecule has 0 saturated carbocycles. The summed E-state index contributed by atoms with van der Waals surface area (Å²) in [6.07, 6.45) is 4.71. The van der Waals surface area contributed by atoms with Crippen molar-refractivity contribution in [3.05, 3.63) is 36.2 Å². The molecule has 0 N–H and O–H groups in total. The van der Waals surface area contributed by atoms with Crippen molar-refractivity contribution in [1.82, 2.24) is 4.98 Å². The number of aromatic nitrogens is 1. The minimum Gasteiger partial charge on any atom is -0.492 e. The molecule has 0 unspecified atom stereocenters. The van der Waals surface area contributed by atoms with Crippen molar-refractivity contribution < 1.29 is 4.74 Å². The van der Waals surface area contributed by atoms with Gasteiger partial charge in [-0.1, -0.05) is 12.1 Å². The molecule has 64 valence electrons. The minimum atomic E-state index is 0.809. The van der Waals surface area contributed by atoms with Crippen molar-refractivity contribution in [2.45, 2.75) is 6.42 Å². The zero-order valence-electron chi connectivity index (χ0n) is 7.16. The Kier molecular flexibility index (Phi) is 1.30. The molecule has 0 spiro atoms. The van der Waals surface area contributed by atoms with Crippen LogP contribution < -0.4 is 4.74 Å². The molecule has 2 heteroatoms. The van der Waals surface area contributed by atoms with Gasteiger partial charge < -0.3 is 4.74 Å². The molecule has 0 fully saturated rings. The van der Waals surface area contributed by atoms with Gasteiger partial charge in [0.1, 0.15) is 5.75 Å². The molecule has 1 aromatic carbocycles. The smallest absolute Gasteiger partial charge is 0.131 e. The van der Waals surface area contributed by atoms with Crippen LogP contribution in [0.4, 0.5) is 0 Å². The number of hydrogen-bond acceptors (Lipinski definition) is 2. The maximum absolute atomic E-state index is 5.57. The fourth-order valence-electron chi connectivity index (χ4n) is 1.81. The van der Waals surface area contributed by atoms with E-state index in [4.69, 9.17) is 4.74 Å². The number of nitrogens with zero attached hydrogens (tertiary/aromatic N) is 1. The second kappa shape index (κ2) is 2.46. The Labute approximate surface area is 76.2 Å². The zero-order valence-corrected chi connectivity index (χ0v) is 7.16. The average molecular weight is 171 g/mol. The third-order valence-electron chi connectivity index (χ3n) is 2.47. The van der Waals surface area contributed by atoms with E-state index in [9.17, 15) is 0 Å². The summed E-state index contributed by atoms with van der Waals surface area (Å²) in [4.78, 5) is 4.11. The summed E-state index contributed by atoms with van der Waals surface area (Å²) in [5, 5.41) is 2.34. The molecule has 3 rings (SSSR count). The molecule has 2 heterocycles. The molecular formula is C11H9NO. The van der Waals surface area contributed by atoms with Crippen LogP contribution in [0.5, 0.6) is 5.75 Å². The van der Waals surface area contributed by atoms with Crippen LogP contribution in [0.15, 0.2) is 30.6 Å². The maximum atomic E-state index is 5.57. The maximum Gasteiger partial charge on any atom is 0.131 e. The van der Waals surface area contributed by atoms with Crippen LogP contribution in [-0.4, -0.2) is 11.6 Å². The lowest BCUT2D eigenvalue weighted by Crippen LogP contribution is -1.87. The number of fused-ring (bicyclic) bond motifs is 3. The summed E-state index contributed by atoms with van der Waals surface area (Å²) >= 11 is 0. The SMILES string of the molecule is c1cc2ccc3c(c2cn1)OCC3. The van der Waals surface area contributed by atoms with E-state index in [2.05, 4.69) is 17.1 Å². The van der Waals surface area contributed by atoms with Crippen molar-refractivity contribution in [2.24, 2.45) is 0 Å². The Morgan fingerprint density at radius 2 is 2.23 bits per heavy atom. The Bertz CT molecular complexity index is 465. The molecule has 0 saturated heterocycles. The molecule has 1 aromatic heterocycles. The van der Waals surface area contributed by atoms with Crippen LogP contribution in [0.3, 0.4) is 0 Å². The van der Waals surface area contributed by atoms with Crippen LogP contribution >= 0.6 is 0 Å². The second-order valence-electron chi connectivity index (χ2n) is 3.25. The van der Waals surface area contributed by atoms with Gasteiger partial charge >= 0.3 is 0 Å². The molecule has 2 aromatic rings. The lowest BCUT2D eigenvalue weighted by atomic mass is 10.1. The lowest BCUT2D eigenvalue weighted by Gasteiger charge is -2.02. The predicted octanol–water partition coefficient (Wildman–Crippen LogP) is 2.17. The van der Waals surface area contributed by atoms with Crippen molar-refractivity contribution in [3.63, 3.8) is 0 Å². The Morgan fingerprint density at radius 3 is 3.23 bits per heavy atom. The topological polar surface area (TPSA) is 22.1 Å². The molecule has 1 aliphatic rings. The van der Waals surface area contributed by atoms with Crippen LogP contribution in [0.2, 0.25) is 0 Å². The average Bonchev–Trinajstić information content (AvgIpc) is 2.65. The number of pyridine rings is 1. The Morgan fingerprint density at radius 1 is 1.23 bits per heavy atom. The second-order valence-corrected chi connectivity index (χ2v) is 3.25. The highest BCUT2D eigenvalue weighted by atomic mass is 16.5. The van der Waals surface area contributed by atoms with E-state index in [0.29, 0.717) is 0 Å². The molecule has 0 aliphatic carbocycles. The van der Waals surface area contributed by atoms with Crippen LogP contribution in [0.25, 0.3) is 10.8 Å². The first-order valence-corrected chi connectivity index (χ1v) is 4.43. The van der Waals surface area contributed by atoms with Gasteiger partial charge in [0.25, 0.3) is 0 Å². The van der Waals surface area contributed by atoms with E-state index in [0.717, 1.165) is 24.2 Å². The van der Waals surface area contributed by atoms with Crippen LogP contribution in [0.1, 0.15) is 5.56 Å². The highest BCUT2D eigenvalue weighted by Gasteiger charge is 2.14. The first kappa shape index (κ1) is 6.89. The van der Waals surface area contributed by atoms with Gasteiger partial charge in [-0.2, -0.15) is 0 Å². The lowest BCUT2D eigenvalue weighted by molar-refractivity contribution is 0.360. The molecule has 0 atom stereocenters. The normalized spacial score (nSPS) is 14.2. The number of rotatable bonds is 0. The summed E-state index contributed by atoms with van der Waals surface area (Å²) in [5.41, 5.74) is 1.31. The number of benzene rings is 1. The van der Waals surface area contributed by atoms with Crippen molar-refractivity contribution in [3.8, 4) is 5.75 Å².